The van der Waals surface area contributed by atoms with Gasteiger partial charge in [0.15, 0.2) is 11.5 Å². The molecule has 1 aliphatic heterocycles. The molecule has 10 nitrogen and oxygen atoms in total. The minimum absolute atomic E-state index is 0.0188. The number of hydrogen-bond acceptors (Lipinski definition) is 7. The molecular weight excluding hydrogens is 488 g/mol. The maximum Gasteiger partial charge on any atom is 0.312 e. The molecule has 3 amide bonds. The number of amides is 3. The van der Waals surface area contributed by atoms with Crippen molar-refractivity contribution in [3.8, 4) is 11.5 Å². The molecule has 0 saturated heterocycles. The van der Waals surface area contributed by atoms with E-state index in [1.165, 1.54) is 6.92 Å². The number of methoxy groups -OCH3 is 1. The summed E-state index contributed by atoms with van der Waals surface area (Å²) in [6, 6.07) is 10.8. The summed E-state index contributed by atoms with van der Waals surface area (Å²) in [5.41, 5.74) is 9.34. The molecule has 1 aliphatic carbocycles. The molecule has 2 aromatic carbocycles. The van der Waals surface area contributed by atoms with E-state index in [-0.39, 0.29) is 42.9 Å². The molecule has 2 aromatic rings. The number of urea groups is 1. The second-order valence-electron chi connectivity index (χ2n) is 9.39. The fourth-order valence-electron chi connectivity index (χ4n) is 5.19. The second-order valence-corrected chi connectivity index (χ2v) is 9.39. The molecule has 0 radical (unpaired) electrons. The van der Waals surface area contributed by atoms with Gasteiger partial charge in [0, 0.05) is 42.6 Å². The summed E-state index contributed by atoms with van der Waals surface area (Å²) in [6.45, 7) is 4.02. The van der Waals surface area contributed by atoms with Gasteiger partial charge in [0.1, 0.15) is 6.10 Å². The normalized spacial score (nSPS) is 19.8. The molecule has 4 rings (SSSR count). The van der Waals surface area contributed by atoms with Gasteiger partial charge in [-0.15, -0.1) is 0 Å². The van der Waals surface area contributed by atoms with Gasteiger partial charge in [0.2, 0.25) is 5.91 Å². The highest BCUT2D eigenvalue weighted by atomic mass is 16.5. The highest BCUT2D eigenvalue weighted by Gasteiger charge is 2.38. The summed E-state index contributed by atoms with van der Waals surface area (Å²) >= 11 is 0. The highest BCUT2D eigenvalue weighted by molar-refractivity contribution is 6.15. The minimum Gasteiger partial charge on any atom is -0.493 e. The molecule has 3 unspecified atom stereocenters. The van der Waals surface area contributed by atoms with Crippen LogP contribution >= 0.6 is 0 Å². The van der Waals surface area contributed by atoms with Crippen LogP contribution in [0.25, 0.3) is 0 Å². The Labute approximate surface area is 221 Å². The van der Waals surface area contributed by atoms with Crippen LogP contribution in [-0.4, -0.2) is 56.0 Å². The molecule has 3 atom stereocenters. The maximum atomic E-state index is 12.4. The minimum atomic E-state index is -0.670. The Kier molecular flexibility index (Phi) is 8.50. The summed E-state index contributed by atoms with van der Waals surface area (Å²) in [7, 11) is 1.60. The average molecular weight is 523 g/mol. The van der Waals surface area contributed by atoms with E-state index in [2.05, 4.69) is 10.6 Å². The van der Waals surface area contributed by atoms with Gasteiger partial charge in [0.25, 0.3) is 0 Å². The Balaban J connectivity index is 1.68. The molecule has 1 fully saturated rings. The van der Waals surface area contributed by atoms with Crippen molar-refractivity contribution in [3.05, 3.63) is 53.1 Å². The third-order valence-corrected chi connectivity index (χ3v) is 6.75. The molecule has 1 saturated carbocycles. The fourth-order valence-corrected chi connectivity index (χ4v) is 5.19. The number of anilines is 1. The van der Waals surface area contributed by atoms with Crippen molar-refractivity contribution in [1.29, 1.82) is 0 Å². The number of aliphatic imine (C=N–C) groups is 1. The lowest BCUT2D eigenvalue weighted by molar-refractivity contribution is -0.148. The number of rotatable bonds is 9. The van der Waals surface area contributed by atoms with Crippen LogP contribution in [-0.2, 0) is 14.3 Å². The van der Waals surface area contributed by atoms with Crippen LogP contribution in [0.4, 0.5) is 10.5 Å². The van der Waals surface area contributed by atoms with Gasteiger partial charge >= 0.3 is 12.0 Å². The Morgan fingerprint density at radius 3 is 2.66 bits per heavy atom. The van der Waals surface area contributed by atoms with Crippen LogP contribution in [0.3, 0.4) is 0 Å². The van der Waals surface area contributed by atoms with Crippen molar-refractivity contribution < 1.29 is 28.6 Å². The molecule has 0 aromatic heterocycles. The smallest absolute Gasteiger partial charge is 0.312 e. The zero-order valence-corrected chi connectivity index (χ0v) is 21.9. The van der Waals surface area contributed by atoms with Crippen LogP contribution in [0.5, 0.6) is 11.5 Å². The van der Waals surface area contributed by atoms with E-state index in [0.717, 1.165) is 35.2 Å². The predicted molar refractivity (Wildman–Crippen MR) is 143 cm³/mol. The molecule has 202 valence electrons. The summed E-state index contributed by atoms with van der Waals surface area (Å²) in [6.07, 6.45) is 2.16. The largest absolute Gasteiger partial charge is 0.493 e. The number of nitrogens with one attached hydrogen (secondary N) is 2. The van der Waals surface area contributed by atoms with Gasteiger partial charge in [-0.2, -0.15) is 0 Å². The topological polar surface area (TPSA) is 141 Å². The first-order valence-corrected chi connectivity index (χ1v) is 12.8. The molecule has 0 bridgehead atoms. The number of esters is 1. The molecule has 0 spiro atoms. The molecule has 4 N–H and O–H groups in total. The van der Waals surface area contributed by atoms with E-state index < -0.39 is 6.03 Å². The van der Waals surface area contributed by atoms with Gasteiger partial charge in [0.05, 0.1) is 25.5 Å². The van der Waals surface area contributed by atoms with E-state index >= 15 is 0 Å². The van der Waals surface area contributed by atoms with Gasteiger partial charge in [-0.3, -0.25) is 14.6 Å². The summed E-state index contributed by atoms with van der Waals surface area (Å²) < 4.78 is 17.1. The van der Waals surface area contributed by atoms with Crippen molar-refractivity contribution in [2.24, 2.45) is 10.7 Å². The monoisotopic (exact) mass is 522 g/mol. The zero-order valence-electron chi connectivity index (χ0n) is 21.9. The molecule has 1 heterocycles. The van der Waals surface area contributed by atoms with Crippen LogP contribution in [0.15, 0.2) is 41.4 Å². The van der Waals surface area contributed by atoms with Crippen molar-refractivity contribution in [2.45, 2.75) is 57.6 Å². The van der Waals surface area contributed by atoms with E-state index in [1.54, 1.807) is 13.2 Å². The maximum absolute atomic E-state index is 12.4. The van der Waals surface area contributed by atoms with Crippen LogP contribution in [0, 0.1) is 0 Å². The van der Waals surface area contributed by atoms with Crippen LogP contribution in [0.2, 0.25) is 0 Å². The standard InChI is InChI=1S/C28H34N4O6/c1-4-37-25-14-20-21-13-19(38-16(2)33)8-9-23(21)32-27(22(20)15-24(25)36-3)17-6-5-7-18(12-17)31-26(34)10-11-30-28(29)35/h5-7,12,14-15,19,21,23H,4,8-11,13H2,1-3H3,(H,31,34)(H3,29,30,35). The number of ether oxygens (including phenoxy) is 3. The lowest BCUT2D eigenvalue weighted by Crippen LogP contribution is -2.36. The van der Waals surface area contributed by atoms with Crippen LogP contribution < -0.4 is 25.8 Å². The lowest BCUT2D eigenvalue weighted by atomic mass is 9.74. The first-order chi connectivity index (χ1) is 18.3. The van der Waals surface area contributed by atoms with Gasteiger partial charge in [-0.05, 0) is 56.0 Å². The Morgan fingerprint density at radius 1 is 1.13 bits per heavy atom. The van der Waals surface area contributed by atoms with Crippen molar-refractivity contribution in [1.82, 2.24) is 5.32 Å². The Hall–Kier alpha value is -4.08. The van der Waals surface area contributed by atoms with E-state index in [0.29, 0.717) is 30.2 Å². The SMILES string of the molecule is CCOc1cc2c(cc1OC)C(c1cccc(NC(=O)CCNC(N)=O)c1)=NC1CCC(OC(C)=O)CC21. The number of carbonyl (C=O) groups excluding carboxylic acids is 3. The number of benzene rings is 2. The van der Waals surface area contributed by atoms with E-state index in [9.17, 15) is 14.4 Å². The van der Waals surface area contributed by atoms with Crippen molar-refractivity contribution in [3.63, 3.8) is 0 Å². The fraction of sp³-hybridized carbons (Fsp3) is 0.429. The van der Waals surface area contributed by atoms with Crippen molar-refractivity contribution in [2.75, 3.05) is 25.6 Å². The second kappa shape index (κ2) is 12.0. The van der Waals surface area contributed by atoms with Gasteiger partial charge < -0.3 is 30.6 Å². The number of hydrogen-bond donors (Lipinski definition) is 3. The van der Waals surface area contributed by atoms with Crippen LogP contribution in [0.1, 0.15) is 62.1 Å². The van der Waals surface area contributed by atoms with E-state index in [1.807, 2.05) is 37.3 Å². The number of primary amides is 1. The summed E-state index contributed by atoms with van der Waals surface area (Å²) in [5, 5.41) is 5.28. The first-order valence-electron chi connectivity index (χ1n) is 12.8. The number of nitrogens with zero attached hydrogens (tertiary/aromatic N) is 1. The molecular formula is C28H34N4O6. The first kappa shape index (κ1) is 27.0. The predicted octanol–water partition coefficient (Wildman–Crippen LogP) is 3.51. The summed E-state index contributed by atoms with van der Waals surface area (Å²) in [4.78, 5) is 40.0. The molecule has 38 heavy (non-hydrogen) atoms. The van der Waals surface area contributed by atoms with Gasteiger partial charge in [-0.25, -0.2) is 4.79 Å². The number of fused-ring (bicyclic) bond motifs is 3. The molecule has 10 heteroatoms. The Morgan fingerprint density at radius 2 is 1.95 bits per heavy atom. The Bertz CT molecular complexity index is 1240. The summed E-state index contributed by atoms with van der Waals surface area (Å²) in [5.74, 6) is 0.818. The highest BCUT2D eigenvalue weighted by Crippen LogP contribution is 2.45. The zero-order chi connectivity index (χ0) is 27.2. The third kappa shape index (κ3) is 6.24. The lowest BCUT2D eigenvalue weighted by Gasteiger charge is -2.38. The number of carbonyl (C=O) groups is 3. The van der Waals surface area contributed by atoms with Gasteiger partial charge in [-0.1, -0.05) is 12.1 Å². The average Bonchev–Trinajstić information content (AvgIpc) is 2.87. The third-order valence-electron chi connectivity index (χ3n) is 6.75. The number of nitrogens with two attached hydrogens (primary N) is 1. The molecule has 2 aliphatic rings. The van der Waals surface area contributed by atoms with Crippen molar-refractivity contribution >= 4 is 29.3 Å². The quantitative estimate of drug-likeness (QED) is 0.431. The van der Waals surface area contributed by atoms with E-state index in [4.69, 9.17) is 24.9 Å².